The fraction of sp³-hybridized carbons (Fsp3) is 0.533. The molecule has 1 aromatic carbocycles. The first-order chi connectivity index (χ1) is 10.1. The van der Waals surface area contributed by atoms with E-state index in [9.17, 15) is 14.9 Å². The first-order valence-corrected chi connectivity index (χ1v) is 7.35. The van der Waals surface area contributed by atoms with Crippen LogP contribution in [0.4, 0.5) is 11.4 Å². The summed E-state index contributed by atoms with van der Waals surface area (Å²) in [7, 11) is 1.73. The van der Waals surface area contributed by atoms with Crippen molar-refractivity contribution >= 4 is 17.3 Å². The Morgan fingerprint density at radius 3 is 2.62 bits per heavy atom. The van der Waals surface area contributed by atoms with Crippen molar-refractivity contribution in [3.63, 3.8) is 0 Å². The van der Waals surface area contributed by atoms with E-state index in [1.54, 1.807) is 24.1 Å². The largest absolute Gasteiger partial charge is 0.388 e. The van der Waals surface area contributed by atoms with Crippen LogP contribution < -0.4 is 5.32 Å². The van der Waals surface area contributed by atoms with Crippen LogP contribution in [0.5, 0.6) is 0 Å². The molecule has 0 bridgehead atoms. The van der Waals surface area contributed by atoms with Gasteiger partial charge in [-0.1, -0.05) is 12.8 Å². The molecule has 0 saturated heterocycles. The van der Waals surface area contributed by atoms with Crippen molar-refractivity contribution in [3.8, 4) is 0 Å². The average Bonchev–Trinajstić information content (AvgIpc) is 3.01. The van der Waals surface area contributed by atoms with Gasteiger partial charge in [-0.3, -0.25) is 14.9 Å². The predicted molar refractivity (Wildman–Crippen MR) is 81.6 cm³/mol. The van der Waals surface area contributed by atoms with Crippen molar-refractivity contribution in [1.29, 1.82) is 0 Å². The van der Waals surface area contributed by atoms with Gasteiger partial charge in [-0.15, -0.1) is 0 Å². The number of hydrogen-bond acceptors (Lipinski definition) is 4. The van der Waals surface area contributed by atoms with E-state index in [1.165, 1.54) is 6.07 Å². The number of rotatable bonds is 5. The third kappa shape index (κ3) is 3.15. The zero-order valence-electron chi connectivity index (χ0n) is 12.5. The van der Waals surface area contributed by atoms with E-state index < -0.39 is 4.92 Å². The summed E-state index contributed by atoms with van der Waals surface area (Å²) in [5.41, 5.74) is 0.738. The van der Waals surface area contributed by atoms with Crippen LogP contribution in [0.15, 0.2) is 18.2 Å². The molecule has 2 rings (SSSR count). The Bertz CT molecular complexity index is 539. The van der Waals surface area contributed by atoms with E-state index in [2.05, 4.69) is 5.32 Å². The van der Waals surface area contributed by atoms with Crippen molar-refractivity contribution in [1.82, 2.24) is 4.90 Å². The van der Waals surface area contributed by atoms with Gasteiger partial charge in [0.15, 0.2) is 0 Å². The Hall–Kier alpha value is -2.11. The molecule has 0 unspecified atom stereocenters. The van der Waals surface area contributed by atoms with Crippen molar-refractivity contribution in [2.75, 3.05) is 18.9 Å². The minimum absolute atomic E-state index is 0.129. The number of nitro groups is 1. The highest BCUT2D eigenvalue weighted by Crippen LogP contribution is 2.28. The number of nitrogens with one attached hydrogen (secondary N) is 1. The third-order valence-corrected chi connectivity index (χ3v) is 4.08. The van der Waals surface area contributed by atoms with Crippen LogP contribution in [0.3, 0.4) is 0 Å². The zero-order chi connectivity index (χ0) is 15.4. The molecule has 1 aromatic rings. The maximum atomic E-state index is 12.8. The molecule has 114 valence electrons. The summed E-state index contributed by atoms with van der Waals surface area (Å²) in [5.74, 6) is -0.242. The highest BCUT2D eigenvalue weighted by Gasteiger charge is 2.30. The lowest BCUT2D eigenvalue weighted by Crippen LogP contribution is -2.38. The number of nitro benzene ring substituents is 1. The van der Waals surface area contributed by atoms with Crippen LogP contribution in [-0.4, -0.2) is 35.4 Å². The van der Waals surface area contributed by atoms with E-state index in [4.69, 9.17) is 0 Å². The average molecular weight is 291 g/mol. The van der Waals surface area contributed by atoms with Gasteiger partial charge < -0.3 is 10.2 Å². The van der Waals surface area contributed by atoms with Crippen molar-refractivity contribution in [3.05, 3.63) is 33.9 Å². The van der Waals surface area contributed by atoms with Crippen LogP contribution in [0, 0.1) is 10.1 Å². The van der Waals surface area contributed by atoms with Gasteiger partial charge in [-0.25, -0.2) is 0 Å². The number of nitrogens with zero attached hydrogens (tertiary/aromatic N) is 2. The molecule has 0 radical (unpaired) electrons. The molecular weight excluding hydrogens is 270 g/mol. The molecule has 1 aliphatic rings. The molecule has 0 spiro atoms. The summed E-state index contributed by atoms with van der Waals surface area (Å²) in [6.45, 7) is 2.49. The van der Waals surface area contributed by atoms with Crippen LogP contribution >= 0.6 is 0 Å². The Labute approximate surface area is 124 Å². The quantitative estimate of drug-likeness (QED) is 0.668. The van der Waals surface area contributed by atoms with Gasteiger partial charge in [0, 0.05) is 31.4 Å². The number of hydrogen-bond donors (Lipinski definition) is 1. The monoisotopic (exact) mass is 291 g/mol. The lowest BCUT2D eigenvalue weighted by atomic mass is 10.1. The number of amides is 1. The van der Waals surface area contributed by atoms with Crippen LogP contribution in [0.1, 0.15) is 43.0 Å². The first-order valence-electron chi connectivity index (χ1n) is 7.35. The van der Waals surface area contributed by atoms with Crippen LogP contribution in [0.25, 0.3) is 0 Å². The third-order valence-electron chi connectivity index (χ3n) is 4.08. The second-order valence-corrected chi connectivity index (χ2v) is 5.27. The van der Waals surface area contributed by atoms with E-state index in [1.807, 2.05) is 6.92 Å². The molecule has 1 aliphatic carbocycles. The summed E-state index contributed by atoms with van der Waals surface area (Å²) in [5, 5.41) is 14.1. The molecule has 21 heavy (non-hydrogen) atoms. The normalized spacial score (nSPS) is 15.0. The highest BCUT2D eigenvalue weighted by molar-refractivity contribution is 5.99. The van der Waals surface area contributed by atoms with Gasteiger partial charge in [-0.05, 0) is 31.9 Å². The van der Waals surface area contributed by atoms with Crippen molar-refractivity contribution < 1.29 is 9.72 Å². The Morgan fingerprint density at radius 2 is 2.10 bits per heavy atom. The maximum Gasteiger partial charge on any atom is 0.282 e. The minimum Gasteiger partial charge on any atom is -0.388 e. The van der Waals surface area contributed by atoms with Crippen LogP contribution in [0.2, 0.25) is 0 Å². The van der Waals surface area contributed by atoms with Gasteiger partial charge in [0.25, 0.3) is 11.6 Å². The topological polar surface area (TPSA) is 75.5 Å². The molecule has 6 heteroatoms. The minimum atomic E-state index is -0.491. The fourth-order valence-electron chi connectivity index (χ4n) is 2.96. The summed E-state index contributed by atoms with van der Waals surface area (Å²) in [4.78, 5) is 25.2. The molecule has 1 amide bonds. The fourth-order valence-corrected chi connectivity index (χ4v) is 2.96. The van der Waals surface area contributed by atoms with Crippen molar-refractivity contribution in [2.24, 2.45) is 0 Å². The molecular formula is C15H21N3O3. The molecule has 0 atom stereocenters. The van der Waals surface area contributed by atoms with Gasteiger partial charge in [-0.2, -0.15) is 0 Å². The van der Waals surface area contributed by atoms with Gasteiger partial charge in [0.05, 0.1) is 4.92 Å². The van der Waals surface area contributed by atoms with Gasteiger partial charge >= 0.3 is 0 Å². The lowest BCUT2D eigenvalue weighted by molar-refractivity contribution is -0.385. The smallest absolute Gasteiger partial charge is 0.282 e. The molecule has 6 nitrogen and oxygen atoms in total. The Balaban J connectivity index is 2.37. The van der Waals surface area contributed by atoms with Gasteiger partial charge in [0.1, 0.15) is 5.56 Å². The summed E-state index contributed by atoms with van der Waals surface area (Å²) in [6, 6.07) is 4.78. The standard InChI is InChI=1S/C15H21N3O3/c1-3-17(12-6-4-5-7-12)15(19)13-10-11(16-2)8-9-14(13)18(20)21/h8-10,12,16H,3-7H2,1-2H3. The maximum absolute atomic E-state index is 12.8. The Kier molecular flexibility index (Phi) is 4.77. The predicted octanol–water partition coefficient (Wildman–Crippen LogP) is 3.04. The summed E-state index contributed by atoms with van der Waals surface area (Å²) >= 11 is 0. The number of carbonyl (C=O) groups is 1. The first kappa shape index (κ1) is 15.3. The second-order valence-electron chi connectivity index (χ2n) is 5.27. The number of anilines is 1. The highest BCUT2D eigenvalue weighted by atomic mass is 16.6. The van der Waals surface area contributed by atoms with E-state index in [-0.39, 0.29) is 23.2 Å². The molecule has 1 N–H and O–H groups in total. The van der Waals surface area contributed by atoms with Crippen molar-refractivity contribution in [2.45, 2.75) is 38.6 Å². The van der Waals surface area contributed by atoms with E-state index >= 15 is 0 Å². The van der Waals surface area contributed by atoms with Crippen LogP contribution in [-0.2, 0) is 0 Å². The summed E-state index contributed by atoms with van der Waals surface area (Å²) < 4.78 is 0. The molecule has 1 fully saturated rings. The molecule has 1 saturated carbocycles. The SMILES string of the molecule is CCN(C(=O)c1cc(NC)ccc1[N+](=O)[O-])C1CCCC1. The second kappa shape index (κ2) is 6.56. The van der Waals surface area contributed by atoms with E-state index in [0.717, 1.165) is 25.7 Å². The van der Waals surface area contributed by atoms with E-state index in [0.29, 0.717) is 12.2 Å². The lowest BCUT2D eigenvalue weighted by Gasteiger charge is -2.27. The number of benzene rings is 1. The molecule has 0 aliphatic heterocycles. The molecule has 0 heterocycles. The molecule has 0 aromatic heterocycles. The van der Waals surface area contributed by atoms with Gasteiger partial charge in [0.2, 0.25) is 0 Å². The number of carbonyl (C=O) groups excluding carboxylic acids is 1. The Morgan fingerprint density at radius 1 is 1.43 bits per heavy atom. The summed E-state index contributed by atoms with van der Waals surface area (Å²) in [6.07, 6.45) is 4.21. The zero-order valence-corrected chi connectivity index (χ0v) is 12.5.